The molecular formula is C12H16O4. The van der Waals surface area contributed by atoms with Gasteiger partial charge in [0.1, 0.15) is 5.75 Å². The Bertz CT molecular complexity index is 349. The van der Waals surface area contributed by atoms with Crippen LogP contribution in [0.1, 0.15) is 18.4 Å². The summed E-state index contributed by atoms with van der Waals surface area (Å²) < 4.78 is 5.44. The number of para-hydroxylation sites is 1. The van der Waals surface area contributed by atoms with Crippen molar-refractivity contribution < 1.29 is 19.7 Å². The van der Waals surface area contributed by atoms with E-state index in [2.05, 4.69) is 0 Å². The molecule has 4 heteroatoms. The predicted octanol–water partition coefficient (Wildman–Crippen LogP) is 1.60. The fourth-order valence-electron chi connectivity index (χ4n) is 1.33. The highest BCUT2D eigenvalue weighted by Crippen LogP contribution is 2.16. The maximum atomic E-state index is 10.3. The fourth-order valence-corrected chi connectivity index (χ4v) is 1.33. The molecule has 4 nitrogen and oxygen atoms in total. The summed E-state index contributed by atoms with van der Waals surface area (Å²) in [7, 11) is 0. The van der Waals surface area contributed by atoms with Crippen LogP contribution in [-0.2, 0) is 4.79 Å². The molecule has 0 aliphatic heterocycles. The lowest BCUT2D eigenvalue weighted by atomic mass is 10.2. The molecule has 0 aromatic heterocycles. The van der Waals surface area contributed by atoms with Crippen LogP contribution in [0.2, 0.25) is 0 Å². The second kappa shape index (κ2) is 6.12. The molecule has 88 valence electrons. The fraction of sp³-hybridized carbons (Fsp3) is 0.417. The van der Waals surface area contributed by atoms with Gasteiger partial charge in [0.15, 0.2) is 0 Å². The number of benzene rings is 1. The van der Waals surface area contributed by atoms with Crippen molar-refractivity contribution in [3.05, 3.63) is 29.8 Å². The summed E-state index contributed by atoms with van der Waals surface area (Å²) in [4.78, 5) is 10.3. The summed E-state index contributed by atoms with van der Waals surface area (Å²) in [5.41, 5.74) is 1.02. The first-order valence-electron chi connectivity index (χ1n) is 5.18. The third kappa shape index (κ3) is 4.31. The normalized spacial score (nSPS) is 12.1. The lowest BCUT2D eigenvalue weighted by Gasteiger charge is -2.11. The third-order valence-electron chi connectivity index (χ3n) is 2.21. The van der Waals surface area contributed by atoms with Gasteiger partial charge >= 0.3 is 5.97 Å². The van der Waals surface area contributed by atoms with Gasteiger partial charge in [0, 0.05) is 6.42 Å². The van der Waals surface area contributed by atoms with Crippen molar-refractivity contribution in [3.8, 4) is 5.75 Å². The molecule has 0 heterocycles. The second-order valence-electron chi connectivity index (χ2n) is 3.65. The van der Waals surface area contributed by atoms with E-state index in [1.165, 1.54) is 0 Å². The SMILES string of the molecule is Cc1ccccc1OCCC(O)CC(=O)O. The molecule has 1 atom stereocenters. The van der Waals surface area contributed by atoms with Gasteiger partial charge in [-0.2, -0.15) is 0 Å². The number of aliphatic carboxylic acids is 1. The van der Waals surface area contributed by atoms with Crippen molar-refractivity contribution >= 4 is 5.97 Å². The summed E-state index contributed by atoms with van der Waals surface area (Å²) in [6.07, 6.45) is -0.765. The Morgan fingerprint density at radius 2 is 2.12 bits per heavy atom. The van der Waals surface area contributed by atoms with E-state index in [1.807, 2.05) is 31.2 Å². The van der Waals surface area contributed by atoms with Crippen molar-refractivity contribution in [1.29, 1.82) is 0 Å². The zero-order chi connectivity index (χ0) is 12.0. The zero-order valence-electron chi connectivity index (χ0n) is 9.22. The van der Waals surface area contributed by atoms with Crippen LogP contribution >= 0.6 is 0 Å². The van der Waals surface area contributed by atoms with E-state index in [0.29, 0.717) is 13.0 Å². The van der Waals surface area contributed by atoms with Gasteiger partial charge in [-0.25, -0.2) is 0 Å². The molecule has 0 aliphatic carbocycles. The van der Waals surface area contributed by atoms with Crippen LogP contribution in [0.5, 0.6) is 5.75 Å². The van der Waals surface area contributed by atoms with Gasteiger partial charge in [-0.15, -0.1) is 0 Å². The number of carboxylic acid groups (broad SMARTS) is 1. The number of hydrogen-bond donors (Lipinski definition) is 2. The molecule has 0 saturated carbocycles. The van der Waals surface area contributed by atoms with E-state index >= 15 is 0 Å². The predicted molar refractivity (Wildman–Crippen MR) is 59.6 cm³/mol. The molecule has 0 fully saturated rings. The van der Waals surface area contributed by atoms with Crippen LogP contribution < -0.4 is 4.74 Å². The van der Waals surface area contributed by atoms with Crippen LogP contribution in [0.4, 0.5) is 0 Å². The number of rotatable bonds is 6. The molecule has 0 bridgehead atoms. The molecule has 1 unspecified atom stereocenters. The molecule has 0 amide bonds. The van der Waals surface area contributed by atoms with Crippen LogP contribution in [0.25, 0.3) is 0 Å². The molecule has 1 aromatic carbocycles. The Morgan fingerprint density at radius 1 is 1.44 bits per heavy atom. The number of ether oxygens (including phenoxy) is 1. The van der Waals surface area contributed by atoms with E-state index in [1.54, 1.807) is 0 Å². The Morgan fingerprint density at radius 3 is 2.75 bits per heavy atom. The number of carboxylic acids is 1. The Labute approximate surface area is 94.5 Å². The molecule has 2 N–H and O–H groups in total. The van der Waals surface area contributed by atoms with E-state index in [4.69, 9.17) is 9.84 Å². The lowest BCUT2D eigenvalue weighted by molar-refractivity contribution is -0.139. The maximum absolute atomic E-state index is 10.3. The van der Waals surface area contributed by atoms with Gasteiger partial charge in [-0.05, 0) is 18.6 Å². The minimum atomic E-state index is -0.997. The van der Waals surface area contributed by atoms with Crippen LogP contribution in [0.15, 0.2) is 24.3 Å². The van der Waals surface area contributed by atoms with Crippen molar-refractivity contribution in [1.82, 2.24) is 0 Å². The number of aryl methyl sites for hydroxylation is 1. The Hall–Kier alpha value is -1.55. The molecule has 16 heavy (non-hydrogen) atoms. The largest absolute Gasteiger partial charge is 0.493 e. The molecular weight excluding hydrogens is 208 g/mol. The summed E-state index contributed by atoms with van der Waals surface area (Å²) in [5, 5.41) is 17.7. The molecule has 0 spiro atoms. The van der Waals surface area contributed by atoms with Crippen LogP contribution in [0.3, 0.4) is 0 Å². The first kappa shape index (κ1) is 12.5. The van der Waals surface area contributed by atoms with Crippen molar-refractivity contribution in [3.63, 3.8) is 0 Å². The summed E-state index contributed by atoms with van der Waals surface area (Å²) in [5.74, 6) is -0.228. The summed E-state index contributed by atoms with van der Waals surface area (Å²) in [6.45, 7) is 2.25. The maximum Gasteiger partial charge on any atom is 0.305 e. The standard InChI is InChI=1S/C12H16O4/c1-9-4-2-3-5-11(9)16-7-6-10(13)8-12(14)15/h2-5,10,13H,6-8H2,1H3,(H,14,15). The molecule has 1 aromatic rings. The first-order valence-corrected chi connectivity index (χ1v) is 5.18. The highest BCUT2D eigenvalue weighted by atomic mass is 16.5. The highest BCUT2D eigenvalue weighted by molar-refractivity contribution is 5.67. The third-order valence-corrected chi connectivity index (χ3v) is 2.21. The molecule has 0 radical (unpaired) electrons. The molecule has 0 aliphatic rings. The van der Waals surface area contributed by atoms with Crippen LogP contribution in [0, 0.1) is 6.92 Å². The monoisotopic (exact) mass is 224 g/mol. The lowest BCUT2D eigenvalue weighted by Crippen LogP contribution is -2.16. The molecule has 0 saturated heterocycles. The zero-order valence-corrected chi connectivity index (χ0v) is 9.22. The van der Waals surface area contributed by atoms with Gasteiger partial charge in [-0.1, -0.05) is 18.2 Å². The van der Waals surface area contributed by atoms with Crippen molar-refractivity contribution in [2.24, 2.45) is 0 Å². The van der Waals surface area contributed by atoms with Gasteiger partial charge in [0.05, 0.1) is 19.1 Å². The number of aliphatic hydroxyl groups excluding tert-OH is 1. The Balaban J connectivity index is 2.30. The van der Waals surface area contributed by atoms with Crippen molar-refractivity contribution in [2.75, 3.05) is 6.61 Å². The van der Waals surface area contributed by atoms with Gasteiger partial charge in [-0.3, -0.25) is 4.79 Å². The van der Waals surface area contributed by atoms with Gasteiger partial charge < -0.3 is 14.9 Å². The van der Waals surface area contributed by atoms with E-state index in [0.717, 1.165) is 11.3 Å². The van der Waals surface area contributed by atoms with E-state index in [9.17, 15) is 9.90 Å². The highest BCUT2D eigenvalue weighted by Gasteiger charge is 2.09. The average molecular weight is 224 g/mol. The van der Waals surface area contributed by atoms with E-state index < -0.39 is 12.1 Å². The minimum absolute atomic E-state index is 0.239. The summed E-state index contributed by atoms with van der Waals surface area (Å²) in [6, 6.07) is 7.57. The van der Waals surface area contributed by atoms with Gasteiger partial charge in [0.2, 0.25) is 0 Å². The topological polar surface area (TPSA) is 66.8 Å². The number of aliphatic hydroxyl groups is 1. The van der Waals surface area contributed by atoms with Crippen LogP contribution in [-0.4, -0.2) is 28.9 Å². The van der Waals surface area contributed by atoms with Crippen molar-refractivity contribution in [2.45, 2.75) is 25.9 Å². The Kier molecular flexibility index (Phi) is 4.79. The van der Waals surface area contributed by atoms with E-state index in [-0.39, 0.29) is 6.42 Å². The van der Waals surface area contributed by atoms with Gasteiger partial charge in [0.25, 0.3) is 0 Å². The second-order valence-corrected chi connectivity index (χ2v) is 3.65. The number of carbonyl (C=O) groups is 1. The minimum Gasteiger partial charge on any atom is -0.493 e. The molecule has 1 rings (SSSR count). The quantitative estimate of drug-likeness (QED) is 0.770. The average Bonchev–Trinajstić information content (AvgIpc) is 2.19. The smallest absolute Gasteiger partial charge is 0.305 e. The number of hydrogen-bond acceptors (Lipinski definition) is 3. The summed E-state index contributed by atoms with van der Waals surface area (Å²) >= 11 is 0. The first-order chi connectivity index (χ1) is 7.59.